The quantitative estimate of drug-likeness (QED) is 0.739. The predicted octanol–water partition coefficient (Wildman–Crippen LogP) is 3.25. The first-order valence-corrected chi connectivity index (χ1v) is 9.26. The van der Waals surface area contributed by atoms with Crippen LogP contribution in [0.15, 0.2) is 60.7 Å². The van der Waals surface area contributed by atoms with Gasteiger partial charge in [0.1, 0.15) is 11.8 Å². The minimum absolute atomic E-state index is 0.112. The van der Waals surface area contributed by atoms with Crippen molar-refractivity contribution < 1.29 is 14.3 Å². The predicted molar refractivity (Wildman–Crippen MR) is 106 cm³/mol. The smallest absolute Gasteiger partial charge is 0.261 e. The van der Waals surface area contributed by atoms with E-state index in [1.165, 1.54) is 0 Å². The second-order valence-corrected chi connectivity index (χ2v) is 6.92. The highest BCUT2D eigenvalue weighted by molar-refractivity contribution is 5.87. The maximum atomic E-state index is 12.8. The van der Waals surface area contributed by atoms with E-state index in [1.54, 1.807) is 24.0 Å². The van der Waals surface area contributed by atoms with Crippen molar-refractivity contribution in [1.29, 1.82) is 0 Å². The minimum Gasteiger partial charge on any atom is -0.484 e. The Morgan fingerprint density at radius 3 is 2.15 bits per heavy atom. The van der Waals surface area contributed by atoms with Crippen LogP contribution in [0.25, 0.3) is 0 Å². The van der Waals surface area contributed by atoms with E-state index in [9.17, 15) is 9.59 Å². The van der Waals surface area contributed by atoms with Gasteiger partial charge < -0.3 is 15.0 Å². The van der Waals surface area contributed by atoms with Crippen molar-refractivity contribution in [2.45, 2.75) is 33.4 Å². The molecule has 27 heavy (non-hydrogen) atoms. The Morgan fingerprint density at radius 1 is 0.963 bits per heavy atom. The van der Waals surface area contributed by atoms with Crippen LogP contribution in [0.5, 0.6) is 5.75 Å². The fourth-order valence-electron chi connectivity index (χ4n) is 2.56. The number of carbonyl (C=O) groups excluding carboxylic acids is 2. The SMILES string of the molecule is CC(C)CNC(=O)[C@@H](C)N(Cc1ccccc1)C(=O)COc1ccccc1. The number of rotatable bonds is 9. The van der Waals surface area contributed by atoms with Gasteiger partial charge >= 0.3 is 0 Å². The summed E-state index contributed by atoms with van der Waals surface area (Å²) >= 11 is 0. The lowest BCUT2D eigenvalue weighted by molar-refractivity contribution is -0.142. The van der Waals surface area contributed by atoms with Gasteiger partial charge in [-0.3, -0.25) is 9.59 Å². The fourth-order valence-corrected chi connectivity index (χ4v) is 2.56. The Balaban J connectivity index is 2.07. The number of benzene rings is 2. The molecule has 0 unspecified atom stereocenters. The van der Waals surface area contributed by atoms with Crippen molar-refractivity contribution in [3.63, 3.8) is 0 Å². The van der Waals surface area contributed by atoms with Crippen LogP contribution in [-0.4, -0.2) is 35.9 Å². The van der Waals surface area contributed by atoms with Crippen molar-refractivity contribution in [1.82, 2.24) is 10.2 Å². The lowest BCUT2D eigenvalue weighted by Gasteiger charge is -2.29. The molecule has 2 aromatic rings. The molecular formula is C22H28N2O3. The molecule has 2 rings (SSSR count). The summed E-state index contributed by atoms with van der Waals surface area (Å²) in [7, 11) is 0. The van der Waals surface area contributed by atoms with Gasteiger partial charge in [-0.1, -0.05) is 62.4 Å². The highest BCUT2D eigenvalue weighted by atomic mass is 16.5. The van der Waals surface area contributed by atoms with Gasteiger partial charge in [-0.25, -0.2) is 0 Å². The molecule has 1 N–H and O–H groups in total. The molecule has 0 radical (unpaired) electrons. The van der Waals surface area contributed by atoms with Gasteiger partial charge in [-0.15, -0.1) is 0 Å². The molecule has 1 atom stereocenters. The molecule has 2 amide bonds. The normalized spacial score (nSPS) is 11.7. The first kappa shape index (κ1) is 20.5. The average Bonchev–Trinajstić information content (AvgIpc) is 2.69. The highest BCUT2D eigenvalue weighted by Gasteiger charge is 2.26. The molecular weight excluding hydrogens is 340 g/mol. The Morgan fingerprint density at radius 2 is 1.56 bits per heavy atom. The number of carbonyl (C=O) groups is 2. The Labute approximate surface area is 161 Å². The summed E-state index contributed by atoms with van der Waals surface area (Å²) in [6.45, 7) is 6.64. The van der Waals surface area contributed by atoms with Crippen molar-refractivity contribution in [2.75, 3.05) is 13.2 Å². The summed E-state index contributed by atoms with van der Waals surface area (Å²) in [6.07, 6.45) is 0. The van der Waals surface area contributed by atoms with Gasteiger partial charge in [0, 0.05) is 13.1 Å². The summed E-state index contributed by atoms with van der Waals surface area (Å²) in [5.41, 5.74) is 0.967. The maximum Gasteiger partial charge on any atom is 0.261 e. The molecule has 0 saturated carbocycles. The largest absolute Gasteiger partial charge is 0.484 e. The second kappa shape index (κ2) is 10.4. The third-order valence-electron chi connectivity index (χ3n) is 4.15. The zero-order chi connectivity index (χ0) is 19.6. The number of amides is 2. The summed E-state index contributed by atoms with van der Waals surface area (Å²) in [6, 6.07) is 18.2. The van der Waals surface area contributed by atoms with E-state index in [2.05, 4.69) is 5.32 Å². The van der Waals surface area contributed by atoms with Gasteiger partial charge in [0.25, 0.3) is 5.91 Å². The lowest BCUT2D eigenvalue weighted by Crippen LogP contribution is -2.49. The van der Waals surface area contributed by atoms with Crippen LogP contribution in [0, 0.1) is 5.92 Å². The average molecular weight is 368 g/mol. The summed E-state index contributed by atoms with van der Waals surface area (Å²) in [5, 5.41) is 2.90. The molecule has 0 heterocycles. The van der Waals surface area contributed by atoms with Gasteiger partial charge in [-0.2, -0.15) is 0 Å². The van der Waals surface area contributed by atoms with E-state index in [-0.39, 0.29) is 18.4 Å². The van der Waals surface area contributed by atoms with Crippen LogP contribution in [0.3, 0.4) is 0 Å². The number of ether oxygens (including phenoxy) is 1. The molecule has 5 heteroatoms. The van der Waals surface area contributed by atoms with Crippen LogP contribution in [0.2, 0.25) is 0 Å². The number of hydrogen-bond donors (Lipinski definition) is 1. The van der Waals surface area contributed by atoms with E-state index >= 15 is 0 Å². The summed E-state index contributed by atoms with van der Waals surface area (Å²) < 4.78 is 5.59. The fraction of sp³-hybridized carbons (Fsp3) is 0.364. The Hall–Kier alpha value is -2.82. The third-order valence-corrected chi connectivity index (χ3v) is 4.15. The van der Waals surface area contributed by atoms with E-state index in [0.717, 1.165) is 5.56 Å². The minimum atomic E-state index is -0.587. The standard InChI is InChI=1S/C22H28N2O3/c1-17(2)14-23-22(26)18(3)24(15-19-10-6-4-7-11-19)21(25)16-27-20-12-8-5-9-13-20/h4-13,17-18H,14-16H2,1-3H3,(H,23,26)/t18-/m1/s1. The summed E-state index contributed by atoms with van der Waals surface area (Å²) in [4.78, 5) is 26.9. The van der Waals surface area contributed by atoms with E-state index < -0.39 is 6.04 Å². The van der Waals surface area contributed by atoms with Gasteiger partial charge in [0.15, 0.2) is 6.61 Å². The first-order valence-electron chi connectivity index (χ1n) is 9.26. The topological polar surface area (TPSA) is 58.6 Å². The molecule has 0 bridgehead atoms. The van der Waals surface area contributed by atoms with Crippen LogP contribution in [-0.2, 0) is 16.1 Å². The Bertz CT molecular complexity index is 717. The van der Waals surface area contributed by atoms with Crippen molar-refractivity contribution in [3.8, 4) is 5.75 Å². The molecule has 2 aromatic carbocycles. The molecule has 0 aliphatic carbocycles. The van der Waals surface area contributed by atoms with Crippen LogP contribution >= 0.6 is 0 Å². The van der Waals surface area contributed by atoms with Crippen molar-refractivity contribution >= 4 is 11.8 Å². The lowest BCUT2D eigenvalue weighted by atomic mass is 10.1. The molecule has 5 nitrogen and oxygen atoms in total. The highest BCUT2D eigenvalue weighted by Crippen LogP contribution is 2.12. The number of para-hydroxylation sites is 1. The maximum absolute atomic E-state index is 12.8. The van der Waals surface area contributed by atoms with E-state index in [0.29, 0.717) is 24.8 Å². The first-order chi connectivity index (χ1) is 13.0. The van der Waals surface area contributed by atoms with Crippen LogP contribution < -0.4 is 10.1 Å². The Kier molecular flexibility index (Phi) is 7.86. The van der Waals surface area contributed by atoms with Crippen LogP contribution in [0.4, 0.5) is 0 Å². The number of hydrogen-bond acceptors (Lipinski definition) is 3. The van der Waals surface area contributed by atoms with E-state index in [4.69, 9.17) is 4.74 Å². The molecule has 0 fully saturated rings. The monoisotopic (exact) mass is 368 g/mol. The molecule has 0 saturated heterocycles. The van der Waals surface area contributed by atoms with E-state index in [1.807, 2.05) is 62.4 Å². The zero-order valence-corrected chi connectivity index (χ0v) is 16.2. The number of nitrogens with zero attached hydrogens (tertiary/aromatic N) is 1. The summed E-state index contributed by atoms with van der Waals surface area (Å²) in [5.74, 6) is 0.589. The molecule has 0 aromatic heterocycles. The van der Waals surface area contributed by atoms with Crippen molar-refractivity contribution in [2.24, 2.45) is 5.92 Å². The van der Waals surface area contributed by atoms with Gasteiger partial charge in [-0.05, 0) is 30.5 Å². The zero-order valence-electron chi connectivity index (χ0n) is 16.2. The molecule has 144 valence electrons. The second-order valence-electron chi connectivity index (χ2n) is 6.92. The van der Waals surface area contributed by atoms with Crippen LogP contribution in [0.1, 0.15) is 26.3 Å². The molecule has 0 spiro atoms. The molecule has 0 aliphatic rings. The van der Waals surface area contributed by atoms with Gasteiger partial charge in [0.05, 0.1) is 0 Å². The third kappa shape index (κ3) is 6.77. The molecule has 0 aliphatic heterocycles. The van der Waals surface area contributed by atoms with Gasteiger partial charge in [0.2, 0.25) is 5.91 Å². The van der Waals surface area contributed by atoms with Crippen molar-refractivity contribution in [3.05, 3.63) is 66.2 Å². The number of nitrogens with one attached hydrogen (secondary N) is 1.